The summed E-state index contributed by atoms with van der Waals surface area (Å²) in [6.45, 7) is 6.06. The number of ether oxygens (including phenoxy) is 1. The number of esters is 1. The molecule has 0 bridgehead atoms. The Morgan fingerprint density at radius 3 is 3.05 bits per heavy atom. The Labute approximate surface area is 124 Å². The van der Waals surface area contributed by atoms with Crippen LogP contribution in [0.5, 0.6) is 0 Å². The first kappa shape index (κ1) is 13.9. The van der Waals surface area contributed by atoms with E-state index >= 15 is 0 Å². The molecule has 2 heterocycles. The van der Waals surface area contributed by atoms with E-state index in [1.807, 2.05) is 25.1 Å². The first-order valence-corrected chi connectivity index (χ1v) is 7.37. The average molecular weight is 284 g/mol. The van der Waals surface area contributed by atoms with Crippen molar-refractivity contribution in [2.24, 2.45) is 0 Å². The number of H-pyrrole nitrogens is 1. The predicted molar refractivity (Wildman–Crippen MR) is 83.1 cm³/mol. The summed E-state index contributed by atoms with van der Waals surface area (Å²) in [4.78, 5) is 15.6. The maximum absolute atomic E-state index is 12.1. The van der Waals surface area contributed by atoms with Gasteiger partial charge in [0.05, 0.1) is 12.6 Å². The van der Waals surface area contributed by atoms with Crippen LogP contribution in [0.2, 0.25) is 0 Å². The lowest BCUT2D eigenvalue weighted by Crippen LogP contribution is -2.45. The molecule has 0 fully saturated rings. The topological polar surface area (TPSA) is 54.1 Å². The van der Waals surface area contributed by atoms with Gasteiger partial charge in [0.15, 0.2) is 0 Å². The van der Waals surface area contributed by atoms with Gasteiger partial charge in [-0.05, 0) is 25.0 Å². The van der Waals surface area contributed by atoms with Crippen molar-refractivity contribution in [3.05, 3.63) is 48.2 Å². The van der Waals surface area contributed by atoms with Crippen molar-refractivity contribution < 1.29 is 9.53 Å². The Balaban J connectivity index is 2.02. The molecule has 110 valence electrons. The molecule has 1 aliphatic rings. The van der Waals surface area contributed by atoms with Crippen molar-refractivity contribution in [1.29, 1.82) is 0 Å². The van der Waals surface area contributed by atoms with Crippen LogP contribution in [0, 0.1) is 0 Å². The second-order valence-electron chi connectivity index (χ2n) is 5.32. The first-order valence-electron chi connectivity index (χ1n) is 7.37. The molecule has 1 aromatic heterocycles. The second-order valence-corrected chi connectivity index (χ2v) is 5.32. The van der Waals surface area contributed by atoms with Crippen LogP contribution in [0.3, 0.4) is 0 Å². The Bertz CT molecular complexity index is 674. The molecule has 0 radical (unpaired) electrons. The third-order valence-corrected chi connectivity index (χ3v) is 3.98. The molecule has 1 aromatic carbocycles. The number of fused-ring (bicyclic) bond motifs is 3. The Kier molecular flexibility index (Phi) is 3.80. The van der Waals surface area contributed by atoms with Crippen molar-refractivity contribution >= 4 is 16.9 Å². The normalized spacial score (nSPS) is 21.0. The van der Waals surface area contributed by atoms with Crippen LogP contribution in [0.25, 0.3) is 10.9 Å². The number of hydrogen-bond donors (Lipinski definition) is 2. The van der Waals surface area contributed by atoms with E-state index in [1.165, 1.54) is 10.9 Å². The molecule has 21 heavy (non-hydrogen) atoms. The van der Waals surface area contributed by atoms with Gasteiger partial charge in [0, 0.05) is 23.0 Å². The van der Waals surface area contributed by atoms with Crippen LogP contribution in [0.1, 0.15) is 30.6 Å². The molecule has 0 saturated carbocycles. The molecule has 4 nitrogen and oxygen atoms in total. The Hall–Kier alpha value is -2.07. The lowest BCUT2D eigenvalue weighted by Gasteiger charge is -2.29. The fourth-order valence-corrected chi connectivity index (χ4v) is 3.07. The van der Waals surface area contributed by atoms with Crippen LogP contribution in [-0.2, 0) is 16.0 Å². The molecule has 2 N–H and O–H groups in total. The summed E-state index contributed by atoms with van der Waals surface area (Å²) in [5, 5.41) is 4.57. The fourth-order valence-electron chi connectivity index (χ4n) is 3.07. The number of aromatic amines is 1. The molecule has 2 atom stereocenters. The van der Waals surface area contributed by atoms with E-state index in [2.05, 4.69) is 29.0 Å². The average Bonchev–Trinajstić information content (AvgIpc) is 2.87. The number of hydrogen-bond acceptors (Lipinski definition) is 3. The van der Waals surface area contributed by atoms with Crippen LogP contribution in [0.15, 0.2) is 36.9 Å². The maximum atomic E-state index is 12.1. The van der Waals surface area contributed by atoms with Gasteiger partial charge in [-0.2, -0.15) is 0 Å². The maximum Gasteiger partial charge on any atom is 0.323 e. The molecule has 4 heteroatoms. The van der Waals surface area contributed by atoms with Gasteiger partial charge in [-0.3, -0.25) is 10.1 Å². The van der Waals surface area contributed by atoms with Crippen LogP contribution >= 0.6 is 0 Å². The molecule has 0 amide bonds. The van der Waals surface area contributed by atoms with Gasteiger partial charge in [0.2, 0.25) is 0 Å². The monoisotopic (exact) mass is 284 g/mol. The number of carbonyl (C=O) groups is 1. The smallest absolute Gasteiger partial charge is 0.323 e. The summed E-state index contributed by atoms with van der Waals surface area (Å²) >= 11 is 0. The SMILES string of the molecule is C=CCC1NC(C(=O)OCC)Cc2c1[nH]c1ccccc21. The van der Waals surface area contributed by atoms with E-state index < -0.39 is 0 Å². The summed E-state index contributed by atoms with van der Waals surface area (Å²) in [7, 11) is 0. The number of para-hydroxylation sites is 1. The largest absolute Gasteiger partial charge is 0.465 e. The summed E-state index contributed by atoms with van der Waals surface area (Å²) in [6, 6.07) is 8.00. The number of carbonyl (C=O) groups excluding carboxylic acids is 1. The number of benzene rings is 1. The fraction of sp³-hybridized carbons (Fsp3) is 0.353. The minimum absolute atomic E-state index is 0.0769. The van der Waals surface area contributed by atoms with Gasteiger partial charge >= 0.3 is 5.97 Å². The van der Waals surface area contributed by atoms with Crippen molar-refractivity contribution in [2.45, 2.75) is 31.8 Å². The van der Waals surface area contributed by atoms with Gasteiger partial charge in [0.25, 0.3) is 0 Å². The quantitative estimate of drug-likeness (QED) is 0.670. The number of nitrogens with one attached hydrogen (secondary N) is 2. The summed E-state index contributed by atoms with van der Waals surface area (Å²) in [6.07, 6.45) is 3.31. The molecule has 2 aromatic rings. The third-order valence-electron chi connectivity index (χ3n) is 3.98. The van der Waals surface area contributed by atoms with Gasteiger partial charge in [-0.15, -0.1) is 6.58 Å². The predicted octanol–water partition coefficient (Wildman–Crippen LogP) is 2.86. The molecule has 0 aliphatic carbocycles. The molecule has 3 rings (SSSR count). The van der Waals surface area contributed by atoms with Crippen molar-refractivity contribution in [2.75, 3.05) is 6.61 Å². The van der Waals surface area contributed by atoms with Crippen molar-refractivity contribution in [3.8, 4) is 0 Å². The number of rotatable bonds is 4. The number of aromatic nitrogens is 1. The standard InChI is InChI=1S/C17H20N2O2/c1-3-7-14-16-12(10-15(18-14)17(20)21-4-2)11-8-5-6-9-13(11)19-16/h3,5-6,8-9,14-15,18-19H,1,4,7,10H2,2H3. The Morgan fingerprint density at radius 1 is 1.48 bits per heavy atom. The summed E-state index contributed by atoms with van der Waals surface area (Å²) < 4.78 is 5.17. The van der Waals surface area contributed by atoms with E-state index in [0.717, 1.165) is 17.6 Å². The van der Waals surface area contributed by atoms with E-state index in [-0.39, 0.29) is 18.1 Å². The summed E-state index contributed by atoms with van der Waals surface area (Å²) in [5.41, 5.74) is 3.49. The van der Waals surface area contributed by atoms with Crippen molar-refractivity contribution in [3.63, 3.8) is 0 Å². The zero-order chi connectivity index (χ0) is 14.8. The van der Waals surface area contributed by atoms with Crippen LogP contribution in [0.4, 0.5) is 0 Å². The minimum Gasteiger partial charge on any atom is -0.465 e. The molecular formula is C17H20N2O2. The highest BCUT2D eigenvalue weighted by Gasteiger charge is 2.33. The van der Waals surface area contributed by atoms with Gasteiger partial charge < -0.3 is 9.72 Å². The van der Waals surface area contributed by atoms with E-state index in [1.54, 1.807) is 0 Å². The first-order chi connectivity index (χ1) is 10.2. The molecule has 0 spiro atoms. The molecule has 2 unspecified atom stereocenters. The van der Waals surface area contributed by atoms with Gasteiger partial charge in [-0.25, -0.2) is 0 Å². The highest BCUT2D eigenvalue weighted by molar-refractivity contribution is 5.87. The zero-order valence-electron chi connectivity index (χ0n) is 12.2. The molecule has 0 saturated heterocycles. The highest BCUT2D eigenvalue weighted by atomic mass is 16.5. The second kappa shape index (κ2) is 5.74. The van der Waals surface area contributed by atoms with Crippen LogP contribution < -0.4 is 5.32 Å². The lowest BCUT2D eigenvalue weighted by atomic mass is 9.92. The molecular weight excluding hydrogens is 264 g/mol. The summed E-state index contributed by atoms with van der Waals surface area (Å²) in [5.74, 6) is -0.178. The Morgan fingerprint density at radius 2 is 2.29 bits per heavy atom. The van der Waals surface area contributed by atoms with Crippen LogP contribution in [-0.4, -0.2) is 23.6 Å². The molecule has 1 aliphatic heterocycles. The van der Waals surface area contributed by atoms with E-state index in [4.69, 9.17) is 4.74 Å². The van der Waals surface area contributed by atoms with Crippen molar-refractivity contribution in [1.82, 2.24) is 10.3 Å². The van der Waals surface area contributed by atoms with E-state index in [0.29, 0.717) is 13.0 Å². The lowest BCUT2D eigenvalue weighted by molar-refractivity contribution is -0.146. The van der Waals surface area contributed by atoms with Gasteiger partial charge in [0.1, 0.15) is 6.04 Å². The third kappa shape index (κ3) is 2.47. The zero-order valence-corrected chi connectivity index (χ0v) is 12.2. The van der Waals surface area contributed by atoms with E-state index in [9.17, 15) is 4.79 Å². The highest BCUT2D eigenvalue weighted by Crippen LogP contribution is 2.33. The van der Waals surface area contributed by atoms with Gasteiger partial charge in [-0.1, -0.05) is 24.3 Å². The minimum atomic E-state index is -0.290.